The number of aliphatic hydroxyl groups excluding tert-OH is 5. The number of rotatable bonds is 47. The molecule has 1 amide bonds. The van der Waals surface area contributed by atoms with Gasteiger partial charge in [-0.25, -0.2) is 4.18 Å². The van der Waals surface area contributed by atoms with Crippen LogP contribution in [-0.4, -0.2) is 107 Å². The predicted octanol–water partition coefficient (Wildman–Crippen LogP) is 11.0. The fraction of sp³-hybridized carbons (Fsp3) is 0.906. The molecule has 0 saturated carbocycles. The lowest BCUT2D eigenvalue weighted by Gasteiger charge is -2.41. The van der Waals surface area contributed by atoms with Crippen LogP contribution in [0.5, 0.6) is 0 Å². The van der Waals surface area contributed by atoms with Gasteiger partial charge in [0.05, 0.1) is 25.4 Å². The van der Waals surface area contributed by atoms with E-state index in [4.69, 9.17) is 9.47 Å². The number of ether oxygens (including phenoxy) is 2. The summed E-state index contributed by atoms with van der Waals surface area (Å²) in [6, 6.07) is -1.04. The fourth-order valence-electron chi connectivity index (χ4n) is 8.79. The highest BCUT2D eigenvalue weighted by atomic mass is 32.3. The van der Waals surface area contributed by atoms with E-state index in [9.17, 15) is 43.3 Å². The molecule has 0 spiro atoms. The number of aliphatic hydroxyl groups is 5. The molecule has 1 aliphatic rings. The highest BCUT2D eigenvalue weighted by Crippen LogP contribution is 2.26. The van der Waals surface area contributed by atoms with Gasteiger partial charge in [-0.1, -0.05) is 224 Å². The first kappa shape index (κ1) is 63.6. The molecule has 8 unspecified atom stereocenters. The zero-order chi connectivity index (χ0) is 49.2. The van der Waals surface area contributed by atoms with E-state index in [1.54, 1.807) is 0 Å². The van der Waals surface area contributed by atoms with E-state index in [1.807, 2.05) is 0 Å². The van der Waals surface area contributed by atoms with Crippen LogP contribution in [-0.2, 0) is 28.9 Å². The Morgan fingerprint density at radius 2 is 1.00 bits per heavy atom. The van der Waals surface area contributed by atoms with Crippen molar-refractivity contribution in [2.45, 2.75) is 294 Å². The molecule has 0 bridgehead atoms. The second kappa shape index (κ2) is 43.3. The summed E-state index contributed by atoms with van der Waals surface area (Å²) in [4.78, 5) is 13.2. The van der Waals surface area contributed by atoms with Crippen molar-refractivity contribution in [3.8, 4) is 0 Å². The minimum atomic E-state index is -5.11. The van der Waals surface area contributed by atoms with Gasteiger partial charge in [-0.15, -0.1) is 0 Å². The Balaban J connectivity index is 2.45. The average molecular weight is 976 g/mol. The first-order chi connectivity index (χ1) is 32.4. The largest absolute Gasteiger partial charge is 0.397 e. The summed E-state index contributed by atoms with van der Waals surface area (Å²) in [6.07, 6.45) is 39.2. The van der Waals surface area contributed by atoms with Gasteiger partial charge < -0.3 is 40.3 Å². The van der Waals surface area contributed by atoms with E-state index in [1.165, 1.54) is 141 Å². The predicted molar refractivity (Wildman–Crippen MR) is 270 cm³/mol. The number of carbonyl (C=O) groups is 1. The SMILES string of the molecule is CCCCCCCCCCC/C=C\C/C=C\CCCCCCCCC(O)C(=O)NC(COC1OC(CO)C(O)C(OS(=O)(=O)O)C1O)C(O)CCCCCCCCCCCCCCCCCC. The number of hydrogen-bond acceptors (Lipinski definition) is 11. The Morgan fingerprint density at radius 1 is 0.597 bits per heavy atom. The Kier molecular flexibility index (Phi) is 41.1. The topological polar surface area (TPSA) is 212 Å². The number of nitrogens with one attached hydrogen (secondary N) is 1. The summed E-state index contributed by atoms with van der Waals surface area (Å²) in [5.74, 6) is -0.675. The molecule has 14 heteroatoms. The molecule has 0 radical (unpaired) electrons. The number of unbranched alkanes of at least 4 members (excludes halogenated alkanes) is 30. The van der Waals surface area contributed by atoms with Crippen LogP contribution < -0.4 is 5.32 Å². The molecule has 7 N–H and O–H groups in total. The third-order valence-corrected chi connectivity index (χ3v) is 13.6. The molecule has 0 aliphatic carbocycles. The first-order valence-corrected chi connectivity index (χ1v) is 28.7. The summed E-state index contributed by atoms with van der Waals surface area (Å²) in [5, 5.41) is 55.6. The monoisotopic (exact) mass is 976 g/mol. The second-order valence-electron chi connectivity index (χ2n) is 19.3. The van der Waals surface area contributed by atoms with Gasteiger partial charge >= 0.3 is 10.4 Å². The normalized spacial score (nSPS) is 20.5. The number of hydrogen-bond donors (Lipinski definition) is 7. The van der Waals surface area contributed by atoms with Crippen LogP contribution in [0.4, 0.5) is 0 Å². The van der Waals surface area contributed by atoms with Gasteiger partial charge in [0.15, 0.2) is 6.29 Å². The zero-order valence-corrected chi connectivity index (χ0v) is 43.2. The summed E-state index contributed by atoms with van der Waals surface area (Å²) >= 11 is 0. The molecule has 396 valence electrons. The molecule has 13 nitrogen and oxygen atoms in total. The van der Waals surface area contributed by atoms with Crippen molar-refractivity contribution in [1.29, 1.82) is 0 Å². The van der Waals surface area contributed by atoms with E-state index in [2.05, 4.69) is 47.7 Å². The fourth-order valence-corrected chi connectivity index (χ4v) is 9.30. The summed E-state index contributed by atoms with van der Waals surface area (Å²) in [7, 11) is -5.11. The lowest BCUT2D eigenvalue weighted by Crippen LogP contribution is -2.61. The van der Waals surface area contributed by atoms with Crippen LogP contribution in [0.2, 0.25) is 0 Å². The van der Waals surface area contributed by atoms with Gasteiger partial charge in [-0.2, -0.15) is 8.42 Å². The molecular weight excluding hydrogens is 875 g/mol. The molecule has 1 heterocycles. The number of allylic oxidation sites excluding steroid dienone is 4. The van der Waals surface area contributed by atoms with Crippen LogP contribution in [0.25, 0.3) is 0 Å². The van der Waals surface area contributed by atoms with Gasteiger partial charge in [0.1, 0.15) is 30.5 Å². The maximum absolute atomic E-state index is 13.2. The van der Waals surface area contributed by atoms with E-state index in [0.717, 1.165) is 64.2 Å². The Bertz CT molecular complexity index is 1300. The quantitative estimate of drug-likeness (QED) is 0.0172. The standard InChI is InChI=1S/C53H101NO12S/c1-3-5-7-9-11-13-15-17-19-21-22-23-24-25-26-28-30-32-34-36-38-40-42-47(57)52(60)54-45(44-64-53-50(59)51(66-67(61,62)63)49(58)48(43-55)65-53)46(56)41-39-37-35-33-31-29-27-20-18-16-14-12-10-8-6-4-2/h22-23,25-26,45-51,53,55-59H,3-21,24,27-44H2,1-2H3,(H,54,60)(H,61,62,63)/b23-22-,26-25-. The van der Waals surface area contributed by atoms with Crippen molar-refractivity contribution in [2.24, 2.45) is 0 Å². The van der Waals surface area contributed by atoms with Crippen molar-refractivity contribution in [1.82, 2.24) is 5.32 Å². The second-order valence-corrected chi connectivity index (χ2v) is 20.4. The lowest BCUT2D eigenvalue weighted by molar-refractivity contribution is -0.298. The van der Waals surface area contributed by atoms with Crippen molar-refractivity contribution in [3.63, 3.8) is 0 Å². The van der Waals surface area contributed by atoms with Crippen LogP contribution >= 0.6 is 0 Å². The third-order valence-electron chi connectivity index (χ3n) is 13.1. The molecule has 1 saturated heterocycles. The Labute approximate surface area is 408 Å². The highest BCUT2D eigenvalue weighted by Gasteiger charge is 2.48. The first-order valence-electron chi connectivity index (χ1n) is 27.3. The van der Waals surface area contributed by atoms with E-state index >= 15 is 0 Å². The average Bonchev–Trinajstić information content (AvgIpc) is 3.30. The van der Waals surface area contributed by atoms with E-state index < -0.39 is 78.5 Å². The molecular formula is C53H101NO12S. The van der Waals surface area contributed by atoms with E-state index in [-0.39, 0.29) is 6.42 Å². The van der Waals surface area contributed by atoms with Gasteiger partial charge in [0.2, 0.25) is 5.91 Å². The van der Waals surface area contributed by atoms with Gasteiger partial charge in [0, 0.05) is 0 Å². The maximum atomic E-state index is 13.2. The summed E-state index contributed by atoms with van der Waals surface area (Å²) in [5.41, 5.74) is 0. The number of amides is 1. The minimum Gasteiger partial charge on any atom is -0.394 e. The molecule has 1 fully saturated rings. The van der Waals surface area contributed by atoms with Crippen molar-refractivity contribution < 1.29 is 57.0 Å². The summed E-state index contributed by atoms with van der Waals surface area (Å²) in [6.45, 7) is 3.30. The van der Waals surface area contributed by atoms with Crippen LogP contribution in [0, 0.1) is 0 Å². The van der Waals surface area contributed by atoms with Crippen molar-refractivity contribution in [3.05, 3.63) is 24.3 Å². The maximum Gasteiger partial charge on any atom is 0.397 e. The minimum absolute atomic E-state index is 0.249. The van der Waals surface area contributed by atoms with Crippen molar-refractivity contribution in [2.75, 3.05) is 13.2 Å². The van der Waals surface area contributed by atoms with Gasteiger partial charge in [0.25, 0.3) is 0 Å². The van der Waals surface area contributed by atoms with Crippen molar-refractivity contribution >= 4 is 16.3 Å². The van der Waals surface area contributed by atoms with Gasteiger partial charge in [-0.3, -0.25) is 9.35 Å². The Morgan fingerprint density at radius 3 is 1.42 bits per heavy atom. The van der Waals surface area contributed by atoms with Crippen LogP contribution in [0.15, 0.2) is 24.3 Å². The molecule has 0 aromatic rings. The Hall–Kier alpha value is -1.46. The lowest BCUT2D eigenvalue weighted by atomic mass is 9.99. The van der Waals surface area contributed by atoms with Crippen LogP contribution in [0.3, 0.4) is 0 Å². The van der Waals surface area contributed by atoms with Crippen LogP contribution in [0.1, 0.15) is 245 Å². The molecule has 0 aromatic carbocycles. The third kappa shape index (κ3) is 35.3. The van der Waals surface area contributed by atoms with E-state index in [0.29, 0.717) is 19.3 Å². The smallest absolute Gasteiger partial charge is 0.394 e. The molecule has 1 rings (SSSR count). The molecule has 1 aliphatic heterocycles. The van der Waals surface area contributed by atoms with Gasteiger partial charge in [-0.05, 0) is 44.9 Å². The highest BCUT2D eigenvalue weighted by molar-refractivity contribution is 7.80. The molecule has 8 atom stereocenters. The zero-order valence-electron chi connectivity index (χ0n) is 42.3. The molecule has 0 aromatic heterocycles. The summed E-state index contributed by atoms with van der Waals surface area (Å²) < 4.78 is 47.7. The molecule has 67 heavy (non-hydrogen) atoms. The number of carbonyl (C=O) groups excluding carboxylic acids is 1.